The lowest BCUT2D eigenvalue weighted by Crippen LogP contribution is -2.55. The van der Waals surface area contributed by atoms with Crippen molar-refractivity contribution in [1.82, 2.24) is 0 Å². The summed E-state index contributed by atoms with van der Waals surface area (Å²) in [6.07, 6.45) is 1.17. The van der Waals surface area contributed by atoms with Crippen LogP contribution in [-0.2, 0) is 9.63 Å². The van der Waals surface area contributed by atoms with E-state index in [4.69, 9.17) is 39.6 Å². The molecule has 0 fully saturated rings. The molecule has 0 saturated heterocycles. The average Bonchev–Trinajstić information content (AvgIpc) is 2.55. The number of hydrogen-bond donors (Lipinski definition) is 0. The molecule has 0 aliphatic heterocycles. The number of alkyl halides is 2. The second kappa shape index (κ2) is 6.74. The van der Waals surface area contributed by atoms with Crippen LogP contribution in [0.4, 0.5) is 5.69 Å². The van der Waals surface area contributed by atoms with E-state index in [1.165, 1.54) is 32.1 Å². The largest absolute Gasteiger partial charge is 0.365 e. The fourth-order valence-electron chi connectivity index (χ4n) is 1.97. The number of oxime groups is 1. The van der Waals surface area contributed by atoms with Crippen LogP contribution < -0.4 is 0 Å². The highest BCUT2D eigenvalue weighted by atomic mass is 35.5. The molecule has 1 aliphatic carbocycles. The molecule has 0 bridgehead atoms. The molecular weight excluding hydrogens is 395 g/mol. The predicted molar refractivity (Wildman–Crippen MR) is 93.4 cm³/mol. The standard InChI is InChI=1S/C15H11Cl3N2O5/c1-14(17)11(7-10(16)12(21)15(14,2)18)19-25-13(22)8-3-5-9(6-4-8)20(23)24/h3-7H,1-2H3. The van der Waals surface area contributed by atoms with E-state index in [-0.39, 0.29) is 22.0 Å². The quantitative estimate of drug-likeness (QED) is 0.329. The summed E-state index contributed by atoms with van der Waals surface area (Å²) in [6, 6.07) is 4.75. The van der Waals surface area contributed by atoms with Crippen molar-refractivity contribution in [3.63, 3.8) is 0 Å². The van der Waals surface area contributed by atoms with Gasteiger partial charge in [0.25, 0.3) is 5.69 Å². The fraction of sp³-hybridized carbons (Fsp3) is 0.267. The lowest BCUT2D eigenvalue weighted by atomic mass is 9.81. The SMILES string of the molecule is CC1(Cl)C(=O)C(Cl)=CC(=NOC(=O)c2ccc([N+](=O)[O-])cc2)C1(C)Cl. The summed E-state index contributed by atoms with van der Waals surface area (Å²) in [6.45, 7) is 2.82. The smallest absolute Gasteiger partial charge is 0.312 e. The Morgan fingerprint density at radius 1 is 1.20 bits per heavy atom. The van der Waals surface area contributed by atoms with E-state index in [1.54, 1.807) is 0 Å². The third-order valence-electron chi connectivity index (χ3n) is 3.81. The summed E-state index contributed by atoms with van der Waals surface area (Å²) < 4.78 is 0. The zero-order chi connectivity index (χ0) is 19.0. The van der Waals surface area contributed by atoms with Gasteiger partial charge in [0.15, 0.2) is 5.78 Å². The van der Waals surface area contributed by atoms with Crippen molar-refractivity contribution in [2.45, 2.75) is 23.6 Å². The van der Waals surface area contributed by atoms with Gasteiger partial charge in [-0.3, -0.25) is 14.9 Å². The summed E-state index contributed by atoms with van der Waals surface area (Å²) in [4.78, 5) is 35.8. The number of non-ortho nitro benzene ring substituents is 1. The summed E-state index contributed by atoms with van der Waals surface area (Å²) in [7, 11) is 0. The summed E-state index contributed by atoms with van der Waals surface area (Å²) in [5.41, 5.74) is -0.136. The van der Waals surface area contributed by atoms with Crippen molar-refractivity contribution < 1.29 is 19.3 Å². The lowest BCUT2D eigenvalue weighted by molar-refractivity contribution is -0.384. The topological polar surface area (TPSA) is 98.9 Å². The zero-order valence-corrected chi connectivity index (χ0v) is 15.2. The first-order valence-electron chi connectivity index (χ1n) is 6.82. The van der Waals surface area contributed by atoms with Crippen LogP contribution in [0.1, 0.15) is 24.2 Å². The van der Waals surface area contributed by atoms with Crippen LogP contribution in [0, 0.1) is 10.1 Å². The van der Waals surface area contributed by atoms with Crippen molar-refractivity contribution in [2.24, 2.45) is 5.16 Å². The van der Waals surface area contributed by atoms with E-state index >= 15 is 0 Å². The summed E-state index contributed by atoms with van der Waals surface area (Å²) in [5.74, 6) is -1.44. The Kier molecular flexibility index (Phi) is 5.22. The number of nitro groups is 1. The Labute approximate surface area is 157 Å². The first-order valence-corrected chi connectivity index (χ1v) is 7.96. The highest BCUT2D eigenvalue weighted by molar-refractivity contribution is 6.59. The molecule has 1 aromatic rings. The van der Waals surface area contributed by atoms with Gasteiger partial charge in [-0.1, -0.05) is 16.8 Å². The number of allylic oxidation sites excluding steroid dienone is 2. The van der Waals surface area contributed by atoms with Gasteiger partial charge in [-0.05, 0) is 32.1 Å². The van der Waals surface area contributed by atoms with Crippen molar-refractivity contribution in [1.29, 1.82) is 0 Å². The molecule has 0 spiro atoms. The third-order valence-corrected chi connectivity index (χ3v) is 5.31. The number of Topliss-reactive ketones (excluding diaryl/α,β-unsaturated/α-hetero) is 1. The maximum absolute atomic E-state index is 12.0. The molecular formula is C15H11Cl3N2O5. The van der Waals surface area contributed by atoms with E-state index in [1.807, 2.05) is 0 Å². The lowest BCUT2D eigenvalue weighted by Gasteiger charge is -2.38. The van der Waals surface area contributed by atoms with E-state index < -0.39 is 26.4 Å². The Morgan fingerprint density at radius 3 is 2.28 bits per heavy atom. The average molecular weight is 406 g/mol. The number of rotatable bonds is 3. The van der Waals surface area contributed by atoms with Crippen LogP contribution in [0.5, 0.6) is 0 Å². The molecule has 0 N–H and O–H groups in total. The molecule has 1 aliphatic rings. The molecule has 10 heteroatoms. The van der Waals surface area contributed by atoms with Gasteiger partial charge < -0.3 is 4.84 Å². The van der Waals surface area contributed by atoms with Crippen LogP contribution in [0.3, 0.4) is 0 Å². The normalized spacial score (nSPS) is 27.8. The number of nitrogens with zero attached hydrogens (tertiary/aromatic N) is 2. The molecule has 0 heterocycles. The van der Waals surface area contributed by atoms with Crippen molar-refractivity contribution >= 4 is 58.0 Å². The van der Waals surface area contributed by atoms with E-state index in [0.717, 1.165) is 12.1 Å². The molecule has 0 amide bonds. The Morgan fingerprint density at radius 2 is 1.76 bits per heavy atom. The molecule has 132 valence electrons. The third kappa shape index (κ3) is 3.53. The number of hydrogen-bond acceptors (Lipinski definition) is 6. The molecule has 2 atom stereocenters. The Balaban J connectivity index is 2.27. The van der Waals surface area contributed by atoms with E-state index in [2.05, 4.69) is 5.16 Å². The van der Waals surface area contributed by atoms with Gasteiger partial charge in [0.2, 0.25) is 0 Å². The predicted octanol–water partition coefficient (Wildman–Crippen LogP) is 3.81. The van der Waals surface area contributed by atoms with Crippen LogP contribution in [-0.4, -0.2) is 32.1 Å². The number of carbonyl (C=O) groups is 2. The van der Waals surface area contributed by atoms with Crippen molar-refractivity contribution in [2.75, 3.05) is 0 Å². The molecule has 2 unspecified atom stereocenters. The van der Waals surface area contributed by atoms with Crippen molar-refractivity contribution in [3.8, 4) is 0 Å². The number of ketones is 1. The summed E-state index contributed by atoms with van der Waals surface area (Å²) >= 11 is 18.3. The van der Waals surface area contributed by atoms with Gasteiger partial charge >= 0.3 is 5.97 Å². The van der Waals surface area contributed by atoms with Crippen LogP contribution in [0.15, 0.2) is 40.5 Å². The Bertz CT molecular complexity index is 813. The number of carbonyl (C=O) groups excluding carboxylic acids is 2. The van der Waals surface area contributed by atoms with Crippen molar-refractivity contribution in [3.05, 3.63) is 51.1 Å². The van der Waals surface area contributed by atoms with Crippen LogP contribution in [0.25, 0.3) is 0 Å². The van der Waals surface area contributed by atoms with E-state index in [9.17, 15) is 19.7 Å². The molecule has 0 radical (unpaired) electrons. The number of benzene rings is 1. The zero-order valence-electron chi connectivity index (χ0n) is 13.0. The van der Waals surface area contributed by atoms with Gasteiger partial charge in [0.05, 0.1) is 15.5 Å². The minimum Gasteiger partial charge on any atom is -0.312 e. The highest BCUT2D eigenvalue weighted by Gasteiger charge is 2.54. The fourth-order valence-corrected chi connectivity index (χ4v) is 2.69. The second-order valence-electron chi connectivity index (χ2n) is 5.49. The van der Waals surface area contributed by atoms with Gasteiger partial charge in [0.1, 0.15) is 15.5 Å². The molecule has 1 aromatic carbocycles. The minimum atomic E-state index is -1.58. The molecule has 0 saturated carbocycles. The van der Waals surface area contributed by atoms with E-state index in [0.29, 0.717) is 0 Å². The maximum atomic E-state index is 12.0. The summed E-state index contributed by atoms with van der Waals surface area (Å²) in [5, 5.41) is 14.1. The first-order chi connectivity index (χ1) is 11.5. The van der Waals surface area contributed by atoms with Crippen LogP contribution in [0.2, 0.25) is 0 Å². The second-order valence-corrected chi connectivity index (χ2v) is 7.41. The molecule has 2 rings (SSSR count). The van der Waals surface area contributed by atoms with Crippen LogP contribution >= 0.6 is 34.8 Å². The van der Waals surface area contributed by atoms with Gasteiger partial charge in [-0.25, -0.2) is 4.79 Å². The Hall–Kier alpha value is -1.96. The minimum absolute atomic E-state index is 0.00784. The number of halogens is 3. The van der Waals surface area contributed by atoms with Gasteiger partial charge in [-0.2, -0.15) is 0 Å². The molecule has 7 nitrogen and oxygen atoms in total. The molecule has 25 heavy (non-hydrogen) atoms. The highest BCUT2D eigenvalue weighted by Crippen LogP contribution is 2.43. The number of nitro benzene ring substituents is 1. The molecule has 0 aromatic heterocycles. The monoisotopic (exact) mass is 404 g/mol. The van der Waals surface area contributed by atoms with Gasteiger partial charge in [0, 0.05) is 12.1 Å². The first kappa shape index (κ1) is 19.4. The van der Waals surface area contributed by atoms with Gasteiger partial charge in [-0.15, -0.1) is 23.2 Å². The maximum Gasteiger partial charge on any atom is 0.365 e.